The van der Waals surface area contributed by atoms with Gasteiger partial charge in [0.05, 0.1) is 6.42 Å². The molecular weight excluding hydrogens is 368 g/mol. The molecule has 1 aliphatic heterocycles. The Morgan fingerprint density at radius 1 is 1.33 bits per heavy atom. The molecule has 3 rings (SSSR count). The van der Waals surface area contributed by atoms with Gasteiger partial charge < -0.3 is 5.11 Å². The van der Waals surface area contributed by atoms with Gasteiger partial charge in [0.25, 0.3) is 0 Å². The summed E-state index contributed by atoms with van der Waals surface area (Å²) in [7, 11) is -3.57. The fourth-order valence-electron chi connectivity index (χ4n) is 2.65. The van der Waals surface area contributed by atoms with Crippen molar-refractivity contribution in [1.29, 1.82) is 0 Å². The number of nitrogens with zero attached hydrogens (tertiary/aromatic N) is 1. The molecule has 0 aliphatic carbocycles. The number of carboxylic acids is 1. The zero-order chi connectivity index (χ0) is 17.2. The molecule has 0 amide bonds. The Bertz CT molecular complexity index is 825. The average molecular weight is 387 g/mol. The van der Waals surface area contributed by atoms with Crippen molar-refractivity contribution in [3.63, 3.8) is 0 Å². The van der Waals surface area contributed by atoms with E-state index < -0.39 is 16.0 Å². The summed E-state index contributed by atoms with van der Waals surface area (Å²) in [5.74, 6) is -0.966. The van der Waals surface area contributed by atoms with Crippen LogP contribution in [0.1, 0.15) is 15.3 Å². The molecule has 0 radical (unpaired) electrons. The summed E-state index contributed by atoms with van der Waals surface area (Å²) in [5, 5.41) is 10.9. The van der Waals surface area contributed by atoms with Crippen LogP contribution in [0.15, 0.2) is 27.8 Å². The van der Waals surface area contributed by atoms with Gasteiger partial charge in [0.15, 0.2) is 0 Å². The molecule has 0 fully saturated rings. The average Bonchev–Trinajstić information content (AvgIpc) is 3.15. The monoisotopic (exact) mass is 386 g/mol. The Hall–Kier alpha value is -1.26. The molecule has 0 unspecified atom stereocenters. The molecule has 0 atom stereocenters. The first-order valence-corrected chi connectivity index (χ1v) is 10.7. The number of hydrogen-bond acceptors (Lipinski definition) is 6. The minimum atomic E-state index is -3.57. The summed E-state index contributed by atoms with van der Waals surface area (Å²) in [6, 6.07) is 5.14. The number of aliphatic carboxylic acids is 1. The largest absolute Gasteiger partial charge is 0.481 e. The molecule has 0 saturated carbocycles. The second-order valence-electron chi connectivity index (χ2n) is 5.58. The number of hydrogen-bond donors (Lipinski definition) is 2. The molecule has 0 bridgehead atoms. The molecular formula is C15H18N2O4S3. The quantitative estimate of drug-likeness (QED) is 0.757. The zero-order valence-corrected chi connectivity index (χ0v) is 15.3. The zero-order valence-electron chi connectivity index (χ0n) is 12.9. The Labute approximate surface area is 148 Å². The number of thiophene rings is 2. The molecule has 130 valence electrons. The second kappa shape index (κ2) is 7.32. The normalized spacial score (nSPS) is 15.3. The highest BCUT2D eigenvalue weighted by Crippen LogP contribution is 2.24. The van der Waals surface area contributed by atoms with Gasteiger partial charge in [0.2, 0.25) is 10.0 Å². The number of rotatable bonds is 7. The molecule has 0 saturated heterocycles. The summed E-state index contributed by atoms with van der Waals surface area (Å²) in [4.78, 5) is 14.9. The first-order valence-electron chi connectivity index (χ1n) is 7.52. The molecule has 0 spiro atoms. The fraction of sp³-hybridized carbons (Fsp3) is 0.400. The van der Waals surface area contributed by atoms with Gasteiger partial charge >= 0.3 is 5.97 Å². The minimum Gasteiger partial charge on any atom is -0.481 e. The maximum absolute atomic E-state index is 12.3. The van der Waals surface area contributed by atoms with Crippen molar-refractivity contribution in [3.8, 4) is 0 Å². The Kier molecular flexibility index (Phi) is 5.36. The van der Waals surface area contributed by atoms with Crippen LogP contribution < -0.4 is 4.72 Å². The third-order valence-corrected chi connectivity index (χ3v) is 7.90. The van der Waals surface area contributed by atoms with E-state index >= 15 is 0 Å². The topological polar surface area (TPSA) is 86.7 Å². The Morgan fingerprint density at radius 2 is 2.17 bits per heavy atom. The number of carboxylic acid groups (broad SMARTS) is 1. The van der Waals surface area contributed by atoms with E-state index in [0.717, 1.165) is 30.8 Å². The third kappa shape index (κ3) is 4.22. The van der Waals surface area contributed by atoms with E-state index in [0.29, 0.717) is 18.0 Å². The third-order valence-electron chi connectivity index (χ3n) is 3.83. The number of carbonyl (C=O) groups is 1. The van der Waals surface area contributed by atoms with Gasteiger partial charge in [-0.1, -0.05) is 0 Å². The Morgan fingerprint density at radius 3 is 2.96 bits per heavy atom. The maximum Gasteiger partial charge on any atom is 0.308 e. The van der Waals surface area contributed by atoms with Crippen LogP contribution in [-0.2, 0) is 34.2 Å². The van der Waals surface area contributed by atoms with Crippen LogP contribution >= 0.6 is 22.7 Å². The van der Waals surface area contributed by atoms with Crippen LogP contribution in [0.4, 0.5) is 0 Å². The lowest BCUT2D eigenvalue weighted by Gasteiger charge is -2.26. The lowest BCUT2D eigenvalue weighted by molar-refractivity contribution is -0.136. The smallest absolute Gasteiger partial charge is 0.308 e. The molecule has 6 nitrogen and oxygen atoms in total. The summed E-state index contributed by atoms with van der Waals surface area (Å²) in [6.07, 6.45) is 0.861. The first-order chi connectivity index (χ1) is 11.4. The standard InChI is InChI=1S/C15H18N2O4S3/c18-14(19)9-12-1-2-15(23-12)24(20,21)16-5-7-17-6-3-13-11(10-17)4-8-22-13/h1-2,4,8,16H,3,5-7,9-10H2,(H,18,19). The summed E-state index contributed by atoms with van der Waals surface area (Å²) < 4.78 is 27.3. The molecule has 3 heterocycles. The Balaban J connectivity index is 1.52. The molecule has 1 aliphatic rings. The van der Waals surface area contributed by atoms with Gasteiger partial charge in [-0.2, -0.15) is 0 Å². The second-order valence-corrected chi connectivity index (χ2v) is 9.75. The van der Waals surface area contributed by atoms with Crippen LogP contribution in [0.25, 0.3) is 0 Å². The minimum absolute atomic E-state index is 0.156. The van der Waals surface area contributed by atoms with Crippen molar-refractivity contribution in [2.75, 3.05) is 19.6 Å². The van der Waals surface area contributed by atoms with Gasteiger partial charge in [-0.25, -0.2) is 13.1 Å². The summed E-state index contributed by atoms with van der Waals surface area (Å²) >= 11 is 2.78. The summed E-state index contributed by atoms with van der Waals surface area (Å²) in [5.41, 5.74) is 1.34. The van der Waals surface area contributed by atoms with Crippen molar-refractivity contribution >= 4 is 38.7 Å². The van der Waals surface area contributed by atoms with Crippen LogP contribution in [0, 0.1) is 0 Å². The predicted molar refractivity (Wildman–Crippen MR) is 94.1 cm³/mol. The van der Waals surface area contributed by atoms with E-state index in [1.165, 1.54) is 16.5 Å². The van der Waals surface area contributed by atoms with E-state index in [2.05, 4.69) is 21.1 Å². The molecule has 0 aromatic carbocycles. The van der Waals surface area contributed by atoms with E-state index in [9.17, 15) is 13.2 Å². The maximum atomic E-state index is 12.3. The van der Waals surface area contributed by atoms with E-state index in [1.54, 1.807) is 17.4 Å². The van der Waals surface area contributed by atoms with Crippen molar-refractivity contribution in [2.24, 2.45) is 0 Å². The first kappa shape index (κ1) is 17.6. The van der Waals surface area contributed by atoms with Crippen molar-refractivity contribution in [3.05, 3.63) is 38.9 Å². The van der Waals surface area contributed by atoms with Crippen molar-refractivity contribution in [1.82, 2.24) is 9.62 Å². The van der Waals surface area contributed by atoms with Crippen LogP contribution in [0.3, 0.4) is 0 Å². The van der Waals surface area contributed by atoms with Crippen LogP contribution in [0.2, 0.25) is 0 Å². The number of nitrogens with one attached hydrogen (secondary N) is 1. The van der Waals surface area contributed by atoms with Gasteiger partial charge in [-0.3, -0.25) is 9.69 Å². The van der Waals surface area contributed by atoms with Gasteiger partial charge in [-0.05, 0) is 35.6 Å². The molecule has 9 heteroatoms. The van der Waals surface area contributed by atoms with Crippen molar-refractivity contribution in [2.45, 2.75) is 23.6 Å². The number of sulfonamides is 1. The van der Waals surface area contributed by atoms with Crippen molar-refractivity contribution < 1.29 is 18.3 Å². The molecule has 2 N–H and O–H groups in total. The lowest BCUT2D eigenvalue weighted by Crippen LogP contribution is -2.37. The highest BCUT2D eigenvalue weighted by atomic mass is 32.2. The SMILES string of the molecule is O=C(O)Cc1ccc(S(=O)(=O)NCCN2CCc3sccc3C2)s1. The van der Waals surface area contributed by atoms with Crippen LogP contribution in [-0.4, -0.2) is 44.0 Å². The fourth-order valence-corrected chi connectivity index (χ4v) is 5.96. The van der Waals surface area contributed by atoms with E-state index in [-0.39, 0.29) is 10.6 Å². The predicted octanol–water partition coefficient (Wildman–Crippen LogP) is 1.77. The van der Waals surface area contributed by atoms with Crippen LogP contribution in [0.5, 0.6) is 0 Å². The molecule has 2 aromatic rings. The van der Waals surface area contributed by atoms with Gasteiger partial charge in [-0.15, -0.1) is 22.7 Å². The highest BCUT2D eigenvalue weighted by Gasteiger charge is 2.20. The molecule has 24 heavy (non-hydrogen) atoms. The number of fused-ring (bicyclic) bond motifs is 1. The van der Waals surface area contributed by atoms with Gasteiger partial charge in [0.1, 0.15) is 4.21 Å². The van der Waals surface area contributed by atoms with E-state index in [1.807, 2.05) is 0 Å². The highest BCUT2D eigenvalue weighted by molar-refractivity contribution is 7.91. The lowest BCUT2D eigenvalue weighted by atomic mass is 10.1. The molecule has 2 aromatic heterocycles. The van der Waals surface area contributed by atoms with Gasteiger partial charge in [0, 0.05) is 35.9 Å². The summed E-state index contributed by atoms with van der Waals surface area (Å²) in [6.45, 7) is 2.80. The van der Waals surface area contributed by atoms with E-state index in [4.69, 9.17) is 5.11 Å².